The highest BCUT2D eigenvalue weighted by Crippen LogP contribution is 2.22. The average molecular weight is 291 g/mol. The Labute approximate surface area is 128 Å². The summed E-state index contributed by atoms with van der Waals surface area (Å²) in [6.45, 7) is 0.442. The molecule has 1 amide bonds. The van der Waals surface area contributed by atoms with Crippen LogP contribution in [0.3, 0.4) is 0 Å². The van der Waals surface area contributed by atoms with Crippen LogP contribution in [-0.4, -0.2) is 15.3 Å². The first-order valence-electron chi connectivity index (χ1n) is 7.62. The van der Waals surface area contributed by atoms with Crippen LogP contribution in [-0.2, 0) is 19.4 Å². The zero-order chi connectivity index (χ0) is 14.9. The van der Waals surface area contributed by atoms with Crippen molar-refractivity contribution >= 4 is 11.6 Å². The number of benzene rings is 1. The van der Waals surface area contributed by atoms with Gasteiger partial charge in [-0.15, -0.1) is 0 Å². The number of carbonyl (C=O) groups is 1. The van der Waals surface area contributed by atoms with Crippen molar-refractivity contribution in [2.45, 2.75) is 25.8 Å². The van der Waals surface area contributed by atoms with E-state index in [0.29, 0.717) is 6.54 Å². The third-order valence-electron chi connectivity index (χ3n) is 4.20. The average Bonchev–Trinajstić information content (AvgIpc) is 3.17. The number of aromatic nitrogens is 2. The Hall–Kier alpha value is -2.62. The molecule has 0 fully saturated rings. The number of fused-ring (bicyclic) bond motifs is 2. The zero-order valence-corrected chi connectivity index (χ0v) is 12.2. The van der Waals surface area contributed by atoms with E-state index < -0.39 is 0 Å². The molecule has 0 saturated carbocycles. The summed E-state index contributed by atoms with van der Waals surface area (Å²) in [6, 6.07) is 11.9. The van der Waals surface area contributed by atoms with E-state index in [1.54, 1.807) is 0 Å². The lowest BCUT2D eigenvalue weighted by molar-refractivity contribution is 0.0950. The molecule has 1 aliphatic rings. The van der Waals surface area contributed by atoms with Crippen molar-refractivity contribution < 1.29 is 4.79 Å². The van der Waals surface area contributed by atoms with Gasteiger partial charge in [0.25, 0.3) is 5.91 Å². The maximum absolute atomic E-state index is 12.3. The number of imidazole rings is 1. The summed E-state index contributed by atoms with van der Waals surface area (Å²) >= 11 is 0. The zero-order valence-electron chi connectivity index (χ0n) is 12.2. The van der Waals surface area contributed by atoms with Gasteiger partial charge in [0, 0.05) is 18.0 Å². The summed E-state index contributed by atoms with van der Waals surface area (Å²) in [5.41, 5.74) is 5.20. The molecule has 1 N–H and O–H groups in total. The summed E-state index contributed by atoms with van der Waals surface area (Å²) in [5, 5.41) is 2.95. The van der Waals surface area contributed by atoms with Crippen LogP contribution in [0.5, 0.6) is 0 Å². The first-order chi connectivity index (χ1) is 10.8. The van der Waals surface area contributed by atoms with Gasteiger partial charge in [-0.2, -0.15) is 0 Å². The summed E-state index contributed by atoms with van der Waals surface area (Å²) in [6.07, 6.45) is 7.31. The van der Waals surface area contributed by atoms with Gasteiger partial charge >= 0.3 is 0 Å². The molecule has 0 atom stereocenters. The second-order valence-electron chi connectivity index (χ2n) is 5.72. The van der Waals surface area contributed by atoms with Crippen LogP contribution in [0.25, 0.3) is 5.65 Å². The molecule has 22 heavy (non-hydrogen) atoms. The van der Waals surface area contributed by atoms with Gasteiger partial charge in [-0.1, -0.05) is 12.1 Å². The van der Waals surface area contributed by atoms with Gasteiger partial charge < -0.3 is 9.72 Å². The van der Waals surface area contributed by atoms with Crippen LogP contribution in [0, 0.1) is 0 Å². The van der Waals surface area contributed by atoms with E-state index in [0.717, 1.165) is 29.7 Å². The van der Waals surface area contributed by atoms with Crippen molar-refractivity contribution in [1.29, 1.82) is 0 Å². The molecule has 0 unspecified atom stereocenters. The summed E-state index contributed by atoms with van der Waals surface area (Å²) in [7, 11) is 0. The number of amides is 1. The number of hydrogen-bond acceptors (Lipinski definition) is 2. The first-order valence-corrected chi connectivity index (χ1v) is 7.62. The number of nitrogens with one attached hydrogen (secondary N) is 1. The van der Waals surface area contributed by atoms with Crippen LogP contribution in [0.4, 0.5) is 0 Å². The Kier molecular flexibility index (Phi) is 3.15. The molecule has 0 radical (unpaired) electrons. The van der Waals surface area contributed by atoms with Gasteiger partial charge in [0.15, 0.2) is 0 Å². The van der Waals surface area contributed by atoms with E-state index in [9.17, 15) is 4.79 Å². The van der Waals surface area contributed by atoms with Gasteiger partial charge in [-0.05, 0) is 54.7 Å². The quantitative estimate of drug-likeness (QED) is 0.806. The highest BCUT2D eigenvalue weighted by Gasteiger charge is 2.14. The highest BCUT2D eigenvalue weighted by molar-refractivity contribution is 5.94. The normalized spacial score (nSPS) is 13.3. The molecule has 0 saturated heterocycles. The van der Waals surface area contributed by atoms with Crippen molar-refractivity contribution in [3.8, 4) is 0 Å². The third kappa shape index (κ3) is 2.37. The molecule has 0 aliphatic heterocycles. The molecule has 2 aromatic heterocycles. The number of rotatable bonds is 3. The minimum atomic E-state index is -0.0354. The summed E-state index contributed by atoms with van der Waals surface area (Å²) in [5.74, 6) is -0.0354. The molecule has 110 valence electrons. The van der Waals surface area contributed by atoms with Gasteiger partial charge in [-0.25, -0.2) is 4.98 Å². The molecular weight excluding hydrogens is 274 g/mol. The molecule has 3 aromatic rings. The Balaban J connectivity index is 1.47. The van der Waals surface area contributed by atoms with Crippen LogP contribution in [0.1, 0.15) is 33.6 Å². The lowest BCUT2D eigenvalue weighted by atomic mass is 10.1. The predicted octanol–water partition coefficient (Wildman–Crippen LogP) is 2.75. The number of hydrogen-bond donors (Lipinski definition) is 1. The number of pyridine rings is 1. The number of nitrogens with zero attached hydrogens (tertiary/aromatic N) is 2. The fraction of sp³-hybridized carbons (Fsp3) is 0.222. The van der Waals surface area contributed by atoms with E-state index >= 15 is 0 Å². The Morgan fingerprint density at radius 2 is 2.09 bits per heavy atom. The van der Waals surface area contributed by atoms with Crippen LogP contribution in [0.15, 0.2) is 48.8 Å². The van der Waals surface area contributed by atoms with Crippen molar-refractivity contribution in [1.82, 2.24) is 14.7 Å². The van der Waals surface area contributed by atoms with Crippen LogP contribution < -0.4 is 5.32 Å². The van der Waals surface area contributed by atoms with Crippen molar-refractivity contribution in [2.24, 2.45) is 0 Å². The highest BCUT2D eigenvalue weighted by atomic mass is 16.1. The van der Waals surface area contributed by atoms with E-state index in [-0.39, 0.29) is 5.91 Å². The van der Waals surface area contributed by atoms with Crippen LogP contribution in [0.2, 0.25) is 0 Å². The van der Waals surface area contributed by atoms with Gasteiger partial charge in [0.2, 0.25) is 0 Å². The fourth-order valence-corrected chi connectivity index (χ4v) is 3.06. The number of carbonyl (C=O) groups excluding carboxylic acids is 1. The van der Waals surface area contributed by atoms with E-state index in [4.69, 9.17) is 0 Å². The second-order valence-corrected chi connectivity index (χ2v) is 5.72. The summed E-state index contributed by atoms with van der Waals surface area (Å²) in [4.78, 5) is 16.8. The van der Waals surface area contributed by atoms with E-state index in [2.05, 4.69) is 16.4 Å². The van der Waals surface area contributed by atoms with Crippen molar-refractivity contribution in [3.63, 3.8) is 0 Å². The van der Waals surface area contributed by atoms with Gasteiger partial charge in [0.05, 0.1) is 12.2 Å². The largest absolute Gasteiger partial charge is 0.346 e. The maximum atomic E-state index is 12.3. The monoisotopic (exact) mass is 291 g/mol. The Morgan fingerprint density at radius 3 is 3.00 bits per heavy atom. The Morgan fingerprint density at radius 1 is 1.18 bits per heavy atom. The Bertz CT molecular complexity index is 817. The SMILES string of the molecule is O=C(NCc1cn2ccccc2n1)c1ccc2c(c1)CCC2. The summed E-state index contributed by atoms with van der Waals surface area (Å²) < 4.78 is 1.96. The predicted molar refractivity (Wildman–Crippen MR) is 84.8 cm³/mol. The van der Waals surface area contributed by atoms with E-state index in [1.165, 1.54) is 17.5 Å². The molecule has 2 heterocycles. The number of aryl methyl sites for hydroxylation is 2. The topological polar surface area (TPSA) is 46.4 Å². The fourth-order valence-electron chi connectivity index (χ4n) is 3.06. The smallest absolute Gasteiger partial charge is 0.251 e. The van der Waals surface area contributed by atoms with E-state index in [1.807, 2.05) is 47.1 Å². The standard InChI is InChI=1S/C18H17N3O/c22-18(15-8-7-13-4-3-5-14(13)10-15)19-11-16-12-21-9-2-1-6-17(21)20-16/h1-2,6-10,12H,3-5,11H2,(H,19,22). The minimum absolute atomic E-state index is 0.0354. The molecule has 1 aromatic carbocycles. The molecule has 1 aliphatic carbocycles. The first kappa shape index (κ1) is 13.1. The van der Waals surface area contributed by atoms with Crippen molar-refractivity contribution in [2.75, 3.05) is 0 Å². The molecule has 0 spiro atoms. The van der Waals surface area contributed by atoms with Gasteiger partial charge in [0.1, 0.15) is 5.65 Å². The molecule has 0 bridgehead atoms. The molecule has 4 heteroatoms. The lowest BCUT2D eigenvalue weighted by Gasteiger charge is -2.05. The molecule has 4 nitrogen and oxygen atoms in total. The third-order valence-corrected chi connectivity index (χ3v) is 4.20. The van der Waals surface area contributed by atoms with Crippen molar-refractivity contribution in [3.05, 3.63) is 71.2 Å². The van der Waals surface area contributed by atoms with Crippen LogP contribution >= 0.6 is 0 Å². The second kappa shape index (κ2) is 5.30. The minimum Gasteiger partial charge on any atom is -0.346 e. The van der Waals surface area contributed by atoms with Gasteiger partial charge in [-0.3, -0.25) is 4.79 Å². The molecule has 4 rings (SSSR count). The molecular formula is C18H17N3O. The maximum Gasteiger partial charge on any atom is 0.251 e. The lowest BCUT2D eigenvalue weighted by Crippen LogP contribution is -2.23.